The lowest BCUT2D eigenvalue weighted by Crippen LogP contribution is -2.42. The van der Waals surface area contributed by atoms with E-state index in [4.69, 9.17) is 19.6 Å². The zero-order chi connectivity index (χ0) is 24.7. The van der Waals surface area contributed by atoms with E-state index in [1.807, 2.05) is 30.3 Å². The lowest BCUT2D eigenvalue weighted by Gasteiger charge is -2.38. The van der Waals surface area contributed by atoms with Crippen LogP contribution in [-0.4, -0.2) is 37.0 Å². The zero-order valence-electron chi connectivity index (χ0n) is 18.2. The van der Waals surface area contributed by atoms with Gasteiger partial charge in [-0.2, -0.15) is 0 Å². The zero-order valence-corrected chi connectivity index (χ0v) is 23.1. The highest BCUT2D eigenvalue weighted by Crippen LogP contribution is 2.47. The summed E-state index contributed by atoms with van der Waals surface area (Å²) in [5.41, 5.74) is 8.05. The van der Waals surface area contributed by atoms with Gasteiger partial charge in [0.15, 0.2) is 5.76 Å². The van der Waals surface area contributed by atoms with Crippen molar-refractivity contribution in [3.8, 4) is 0 Å². The molecule has 3 aromatic heterocycles. The molecule has 1 amide bonds. The number of ether oxygens (including phenoxy) is 2. The van der Waals surface area contributed by atoms with Gasteiger partial charge < -0.3 is 24.5 Å². The minimum absolute atomic E-state index is 0.00538. The van der Waals surface area contributed by atoms with E-state index in [-0.39, 0.29) is 36.2 Å². The Balaban J connectivity index is 1.67. The third-order valence-electron chi connectivity index (χ3n) is 5.63. The van der Waals surface area contributed by atoms with Gasteiger partial charge in [0.2, 0.25) is 5.88 Å². The number of rotatable bonds is 4. The van der Waals surface area contributed by atoms with Crippen LogP contribution in [0.15, 0.2) is 83.0 Å². The molecule has 1 unspecified atom stereocenters. The van der Waals surface area contributed by atoms with Crippen LogP contribution >= 0.6 is 54.5 Å². The molecule has 0 saturated carbocycles. The molecule has 0 bridgehead atoms. The number of esters is 1. The SMILES string of the molecule is COC(=O)C1=C(N)OC2=C(CN(C(=O)c3ccco3)C/C2=C\c2ccc(Br)s2)C1c1ccc(Br)s1. The molecule has 0 fully saturated rings. The first-order valence-corrected chi connectivity index (χ1v) is 13.6. The predicted octanol–water partition coefficient (Wildman–Crippen LogP) is 5.88. The molecule has 2 aliphatic heterocycles. The van der Waals surface area contributed by atoms with E-state index >= 15 is 0 Å². The van der Waals surface area contributed by atoms with Crippen LogP contribution in [0.4, 0.5) is 0 Å². The number of carbonyl (C=O) groups excluding carboxylic acids is 2. The molecule has 0 saturated heterocycles. The Hall–Kier alpha value is -2.60. The van der Waals surface area contributed by atoms with E-state index in [2.05, 4.69) is 31.9 Å². The van der Waals surface area contributed by atoms with Crippen LogP contribution in [-0.2, 0) is 14.3 Å². The molecule has 2 N–H and O–H groups in total. The number of hydrogen-bond donors (Lipinski definition) is 1. The highest BCUT2D eigenvalue weighted by atomic mass is 79.9. The van der Waals surface area contributed by atoms with Crippen molar-refractivity contribution in [3.63, 3.8) is 0 Å². The standard InChI is InChI=1S/C24H18Br2N2O5S2/c1-31-24(30)20-19(16-5-7-18(26)35-16)14-11-28(23(29)15-3-2-8-32-15)10-12(21(14)33-22(20)27)9-13-4-6-17(25)34-13/h2-9,19H,10-11,27H2,1H3/b12-9+. The Kier molecular flexibility index (Phi) is 6.75. The predicted molar refractivity (Wildman–Crippen MR) is 141 cm³/mol. The quantitative estimate of drug-likeness (QED) is 0.359. The second-order valence-corrected chi connectivity index (χ2v) is 12.7. The monoisotopic (exact) mass is 636 g/mol. The number of furan rings is 1. The largest absolute Gasteiger partial charge is 0.465 e. The summed E-state index contributed by atoms with van der Waals surface area (Å²) in [7, 11) is 1.31. The Morgan fingerprint density at radius 1 is 1.14 bits per heavy atom. The van der Waals surface area contributed by atoms with Gasteiger partial charge in [0.1, 0.15) is 11.3 Å². The maximum absolute atomic E-state index is 13.3. The van der Waals surface area contributed by atoms with E-state index in [9.17, 15) is 9.59 Å². The third kappa shape index (κ3) is 4.65. The molecule has 7 nitrogen and oxygen atoms in total. The van der Waals surface area contributed by atoms with E-state index in [1.165, 1.54) is 24.7 Å². The number of amides is 1. The molecule has 3 aromatic rings. The maximum atomic E-state index is 13.3. The molecule has 11 heteroatoms. The van der Waals surface area contributed by atoms with E-state index in [0.717, 1.165) is 28.5 Å². The molecule has 5 rings (SSSR count). The Bertz CT molecular complexity index is 1400. The maximum Gasteiger partial charge on any atom is 0.340 e. The summed E-state index contributed by atoms with van der Waals surface area (Å²) in [6.45, 7) is 0.518. The van der Waals surface area contributed by atoms with Crippen LogP contribution < -0.4 is 5.73 Å². The van der Waals surface area contributed by atoms with Crippen LogP contribution in [0.2, 0.25) is 0 Å². The highest BCUT2D eigenvalue weighted by Gasteiger charge is 2.42. The smallest absolute Gasteiger partial charge is 0.340 e. The average Bonchev–Trinajstić information content (AvgIpc) is 3.60. The molecule has 5 heterocycles. The molecule has 1 atom stereocenters. The lowest BCUT2D eigenvalue weighted by molar-refractivity contribution is -0.136. The van der Waals surface area contributed by atoms with Gasteiger partial charge in [-0.3, -0.25) is 4.79 Å². The topological polar surface area (TPSA) is 95.0 Å². The second-order valence-electron chi connectivity index (χ2n) is 7.75. The molecular formula is C24H18Br2N2O5S2. The Labute approximate surface area is 225 Å². The molecule has 35 heavy (non-hydrogen) atoms. The van der Waals surface area contributed by atoms with Gasteiger partial charge in [0.05, 0.1) is 33.4 Å². The summed E-state index contributed by atoms with van der Waals surface area (Å²) in [5.74, 6) is -0.568. The van der Waals surface area contributed by atoms with Crippen molar-refractivity contribution in [1.29, 1.82) is 0 Å². The van der Waals surface area contributed by atoms with Gasteiger partial charge in [-0.15, -0.1) is 22.7 Å². The highest BCUT2D eigenvalue weighted by molar-refractivity contribution is 9.11. The Morgan fingerprint density at radius 2 is 1.91 bits per heavy atom. The van der Waals surface area contributed by atoms with Crippen LogP contribution in [0.3, 0.4) is 0 Å². The second kappa shape index (κ2) is 9.81. The molecule has 0 spiro atoms. The fraction of sp³-hybridized carbons (Fsp3) is 0.167. The minimum Gasteiger partial charge on any atom is -0.465 e. The fourth-order valence-electron chi connectivity index (χ4n) is 4.17. The Morgan fingerprint density at radius 3 is 2.54 bits per heavy atom. The number of methoxy groups -OCH3 is 1. The summed E-state index contributed by atoms with van der Waals surface area (Å²) in [6, 6.07) is 11.1. The summed E-state index contributed by atoms with van der Waals surface area (Å²) in [4.78, 5) is 29.7. The number of thiophene rings is 2. The van der Waals surface area contributed by atoms with Gasteiger partial charge in [-0.1, -0.05) is 0 Å². The minimum atomic E-state index is -0.578. The van der Waals surface area contributed by atoms with Gasteiger partial charge in [-0.05, 0) is 74.3 Å². The van der Waals surface area contributed by atoms with Gasteiger partial charge >= 0.3 is 5.97 Å². The molecule has 0 aromatic carbocycles. The van der Waals surface area contributed by atoms with Crippen LogP contribution in [0, 0.1) is 0 Å². The van der Waals surface area contributed by atoms with E-state index in [1.54, 1.807) is 28.4 Å². The molecular weight excluding hydrogens is 620 g/mol. The van der Waals surface area contributed by atoms with Crippen molar-refractivity contribution in [2.45, 2.75) is 5.92 Å². The third-order valence-corrected chi connectivity index (χ3v) is 8.89. The van der Waals surface area contributed by atoms with Gasteiger partial charge in [0.25, 0.3) is 5.91 Å². The van der Waals surface area contributed by atoms with Crippen LogP contribution in [0.25, 0.3) is 6.08 Å². The fourth-order valence-corrected chi connectivity index (χ4v) is 7.13. The van der Waals surface area contributed by atoms with Crippen molar-refractivity contribution < 1.29 is 23.5 Å². The van der Waals surface area contributed by atoms with Crippen molar-refractivity contribution >= 4 is 72.5 Å². The van der Waals surface area contributed by atoms with E-state index < -0.39 is 11.9 Å². The summed E-state index contributed by atoms with van der Waals surface area (Å²) in [5, 5.41) is 0. The van der Waals surface area contributed by atoms with Gasteiger partial charge in [-0.25, -0.2) is 4.79 Å². The summed E-state index contributed by atoms with van der Waals surface area (Å²) < 4.78 is 18.4. The van der Waals surface area contributed by atoms with Crippen LogP contribution in [0.5, 0.6) is 0 Å². The first-order chi connectivity index (χ1) is 16.9. The number of hydrogen-bond acceptors (Lipinski definition) is 8. The first kappa shape index (κ1) is 24.1. The summed E-state index contributed by atoms with van der Waals surface area (Å²) >= 11 is 10.1. The van der Waals surface area contributed by atoms with Crippen molar-refractivity contribution in [2.75, 3.05) is 20.2 Å². The molecule has 0 aliphatic carbocycles. The number of nitrogens with two attached hydrogens (primary N) is 1. The van der Waals surface area contributed by atoms with E-state index in [0.29, 0.717) is 5.76 Å². The van der Waals surface area contributed by atoms with Crippen molar-refractivity contribution in [2.24, 2.45) is 5.73 Å². The van der Waals surface area contributed by atoms with Crippen molar-refractivity contribution in [1.82, 2.24) is 4.90 Å². The molecule has 0 radical (unpaired) electrons. The first-order valence-electron chi connectivity index (χ1n) is 10.4. The molecule has 180 valence electrons. The lowest BCUT2D eigenvalue weighted by atomic mass is 9.83. The van der Waals surface area contributed by atoms with Crippen LogP contribution in [0.1, 0.15) is 26.2 Å². The van der Waals surface area contributed by atoms with Crippen molar-refractivity contribution in [3.05, 3.63) is 94.1 Å². The number of halogens is 2. The van der Waals surface area contributed by atoms with Gasteiger partial charge in [0, 0.05) is 27.4 Å². The molecule has 2 aliphatic rings. The normalized spacial score (nSPS) is 19.1. The average molecular weight is 638 g/mol. The number of carbonyl (C=O) groups is 2. The summed E-state index contributed by atoms with van der Waals surface area (Å²) in [6.07, 6.45) is 3.44. The number of nitrogens with zero attached hydrogens (tertiary/aromatic N) is 1.